The third-order valence-electron chi connectivity index (χ3n) is 10.5. The summed E-state index contributed by atoms with van der Waals surface area (Å²) in [5.41, 5.74) is 8.65. The minimum atomic E-state index is 0.335. The van der Waals surface area contributed by atoms with Crippen LogP contribution in [0.15, 0.2) is 204 Å². The van der Waals surface area contributed by atoms with Gasteiger partial charge in [0.15, 0.2) is 23.0 Å². The van der Waals surface area contributed by atoms with Gasteiger partial charge in [-0.15, -0.1) is 0 Å². The molecule has 0 spiro atoms. The van der Waals surface area contributed by atoms with Gasteiger partial charge in [-0.1, -0.05) is 127 Å². The maximum Gasteiger partial charge on any atom is 0.180 e. The summed E-state index contributed by atoms with van der Waals surface area (Å²) in [5.74, 6) is 2.71. The highest BCUT2D eigenvalue weighted by molar-refractivity contribution is 6.15. The van der Waals surface area contributed by atoms with Gasteiger partial charge >= 0.3 is 0 Å². The molecule has 0 fully saturated rings. The van der Waals surface area contributed by atoms with Crippen molar-refractivity contribution in [3.05, 3.63) is 205 Å². The minimum Gasteiger partial charge on any atom is -0.449 e. The molecule has 9 aromatic rings. The number of nitrogens with zero attached hydrogens (tertiary/aromatic N) is 4. The first-order valence-corrected chi connectivity index (χ1v) is 18.9. The van der Waals surface area contributed by atoms with Crippen LogP contribution >= 0.6 is 0 Å². The number of fused-ring (bicyclic) bond motifs is 7. The minimum absolute atomic E-state index is 0.335. The summed E-state index contributed by atoms with van der Waals surface area (Å²) in [6.07, 6.45) is 2.02. The second-order valence-corrected chi connectivity index (χ2v) is 13.8. The van der Waals surface area contributed by atoms with Crippen LogP contribution < -0.4 is 14.4 Å². The van der Waals surface area contributed by atoms with Crippen LogP contribution in [0.2, 0.25) is 0 Å². The molecule has 6 nitrogen and oxygen atoms in total. The second kappa shape index (κ2) is 14.5. The van der Waals surface area contributed by atoms with Gasteiger partial charge in [-0.25, -0.2) is 0 Å². The van der Waals surface area contributed by atoms with Gasteiger partial charge in [-0.3, -0.25) is 9.98 Å². The first kappa shape index (κ1) is 33.8. The maximum absolute atomic E-state index is 6.73. The number of allylic oxidation sites excluding steroid dienone is 1. The molecule has 1 aliphatic heterocycles. The normalized spacial score (nSPS) is 12.5. The van der Waals surface area contributed by atoms with Crippen LogP contribution in [0.25, 0.3) is 38.3 Å². The van der Waals surface area contributed by atoms with Crippen molar-refractivity contribution >= 4 is 67.8 Å². The van der Waals surface area contributed by atoms with Gasteiger partial charge in [-0.2, -0.15) is 0 Å². The van der Waals surface area contributed by atoms with Crippen LogP contribution in [0.3, 0.4) is 0 Å². The van der Waals surface area contributed by atoms with Crippen molar-refractivity contribution in [3.8, 4) is 23.0 Å². The fourth-order valence-electron chi connectivity index (χ4n) is 7.79. The largest absolute Gasteiger partial charge is 0.449 e. The molecule has 0 saturated carbocycles. The second-order valence-electron chi connectivity index (χ2n) is 13.8. The van der Waals surface area contributed by atoms with E-state index in [4.69, 9.17) is 14.5 Å². The molecule has 0 bridgehead atoms. The van der Waals surface area contributed by atoms with Crippen molar-refractivity contribution in [1.29, 1.82) is 0 Å². The standard InChI is InChI=1S/C51H36N4O2/c1-52-42(36-17-5-2-6-18-36)33-43(37-19-7-3-8-20-37)53-34-54-44-29-28-39(55(38-22-9-4-10-23-38)45-25-15-21-35-16-11-12-24-40(35)45)32-41(44)50-46(54)30-31-49-51(50)57-48-27-14-13-26-47(48)56-49/h2-33H,1,34H2/b42-33-,53-43+. The number of aromatic nitrogens is 1. The zero-order valence-electron chi connectivity index (χ0n) is 31.0. The number of anilines is 3. The molecule has 57 heavy (non-hydrogen) atoms. The van der Waals surface area contributed by atoms with E-state index in [2.05, 4.69) is 130 Å². The van der Waals surface area contributed by atoms with Crippen LogP contribution in [0.1, 0.15) is 11.1 Å². The summed E-state index contributed by atoms with van der Waals surface area (Å²) in [7, 11) is 0. The van der Waals surface area contributed by atoms with Crippen molar-refractivity contribution in [2.75, 3.05) is 4.90 Å². The number of ether oxygens (including phenoxy) is 2. The summed E-state index contributed by atoms with van der Waals surface area (Å²) in [5, 5.41) is 4.31. The van der Waals surface area contributed by atoms with E-state index in [1.54, 1.807) is 0 Å². The summed E-state index contributed by atoms with van der Waals surface area (Å²) in [6, 6.07) is 64.4. The Kier molecular flexibility index (Phi) is 8.61. The third-order valence-corrected chi connectivity index (χ3v) is 10.5. The molecule has 1 aliphatic rings. The van der Waals surface area contributed by atoms with Gasteiger partial charge in [-0.05, 0) is 84.4 Å². The van der Waals surface area contributed by atoms with Gasteiger partial charge in [0, 0.05) is 27.7 Å². The Hall–Kier alpha value is -7.70. The first-order chi connectivity index (χ1) is 28.2. The molecule has 10 rings (SSSR count). The molecular weight excluding hydrogens is 701 g/mol. The Morgan fingerprint density at radius 3 is 1.98 bits per heavy atom. The molecule has 0 radical (unpaired) electrons. The summed E-state index contributed by atoms with van der Waals surface area (Å²) in [6.45, 7) is 4.24. The predicted octanol–water partition coefficient (Wildman–Crippen LogP) is 13.5. The molecule has 1 aromatic heterocycles. The monoisotopic (exact) mass is 736 g/mol. The highest BCUT2D eigenvalue weighted by atomic mass is 16.6. The molecule has 0 aliphatic carbocycles. The lowest BCUT2D eigenvalue weighted by Crippen LogP contribution is -2.10. The number of benzene rings is 8. The molecule has 0 atom stereocenters. The summed E-state index contributed by atoms with van der Waals surface area (Å²) < 4.78 is 15.5. The van der Waals surface area contributed by atoms with Gasteiger partial charge in [0.25, 0.3) is 0 Å². The maximum atomic E-state index is 6.73. The van der Waals surface area contributed by atoms with Crippen molar-refractivity contribution in [1.82, 2.24) is 4.57 Å². The van der Waals surface area contributed by atoms with Crippen LogP contribution in [0, 0.1) is 0 Å². The fraction of sp³-hybridized carbons (Fsp3) is 0.0196. The molecule has 0 N–H and O–H groups in total. The number of aliphatic imine (C=N–C) groups is 2. The number of hydrogen-bond donors (Lipinski definition) is 0. The predicted molar refractivity (Wildman–Crippen MR) is 235 cm³/mol. The number of hydrogen-bond acceptors (Lipinski definition) is 5. The molecule has 6 heteroatoms. The average Bonchev–Trinajstić information content (AvgIpc) is 3.60. The molecule has 272 valence electrons. The Morgan fingerprint density at radius 2 is 1.21 bits per heavy atom. The van der Waals surface area contributed by atoms with Crippen LogP contribution in [0.5, 0.6) is 23.0 Å². The van der Waals surface area contributed by atoms with Gasteiger partial charge in [0.2, 0.25) is 0 Å². The smallest absolute Gasteiger partial charge is 0.180 e. The van der Waals surface area contributed by atoms with Crippen molar-refractivity contribution in [3.63, 3.8) is 0 Å². The Morgan fingerprint density at radius 1 is 0.561 bits per heavy atom. The van der Waals surface area contributed by atoms with Crippen molar-refractivity contribution in [2.45, 2.75) is 6.67 Å². The zero-order valence-corrected chi connectivity index (χ0v) is 31.0. The van der Waals surface area contributed by atoms with E-state index in [-0.39, 0.29) is 0 Å². The Bertz CT molecular complexity index is 3000. The number of para-hydroxylation sites is 3. The van der Waals surface area contributed by atoms with E-state index in [1.807, 2.05) is 84.9 Å². The summed E-state index contributed by atoms with van der Waals surface area (Å²) >= 11 is 0. The van der Waals surface area contributed by atoms with E-state index in [0.29, 0.717) is 29.7 Å². The van der Waals surface area contributed by atoms with Gasteiger partial charge in [0.1, 0.15) is 6.67 Å². The molecular formula is C51H36N4O2. The van der Waals surface area contributed by atoms with E-state index in [0.717, 1.165) is 66.8 Å². The lowest BCUT2D eigenvalue weighted by Gasteiger charge is -2.27. The molecule has 2 heterocycles. The topological polar surface area (TPSA) is 51.4 Å². The van der Waals surface area contributed by atoms with Crippen molar-refractivity contribution in [2.24, 2.45) is 9.98 Å². The lowest BCUT2D eigenvalue weighted by molar-refractivity contribution is 0.363. The van der Waals surface area contributed by atoms with Crippen LogP contribution in [-0.2, 0) is 6.67 Å². The van der Waals surface area contributed by atoms with E-state index >= 15 is 0 Å². The third kappa shape index (κ3) is 6.19. The fourth-order valence-corrected chi connectivity index (χ4v) is 7.79. The molecule has 0 saturated heterocycles. The van der Waals surface area contributed by atoms with E-state index in [1.165, 1.54) is 5.39 Å². The Balaban J connectivity index is 1.19. The molecule has 0 amide bonds. The highest BCUT2D eigenvalue weighted by Crippen LogP contribution is 2.51. The van der Waals surface area contributed by atoms with E-state index < -0.39 is 0 Å². The molecule has 0 unspecified atom stereocenters. The van der Waals surface area contributed by atoms with E-state index in [9.17, 15) is 0 Å². The quantitative estimate of drug-likeness (QED) is 0.139. The summed E-state index contributed by atoms with van der Waals surface area (Å²) in [4.78, 5) is 12.1. The van der Waals surface area contributed by atoms with Crippen LogP contribution in [0.4, 0.5) is 17.1 Å². The van der Waals surface area contributed by atoms with Crippen molar-refractivity contribution < 1.29 is 9.47 Å². The SMILES string of the molecule is C=N/C(=C\C(=N/Cn1c2ccc(N(c3ccccc3)c3cccc4ccccc34)cc2c2c3c(ccc21)Oc1ccccc1O3)c1ccccc1)c1ccccc1. The lowest BCUT2D eigenvalue weighted by atomic mass is 10.1. The van der Waals surface area contributed by atoms with Gasteiger partial charge in [0.05, 0.1) is 33.5 Å². The number of rotatable bonds is 9. The first-order valence-electron chi connectivity index (χ1n) is 18.9. The Labute approximate surface area is 330 Å². The van der Waals surface area contributed by atoms with Crippen LogP contribution in [-0.4, -0.2) is 17.0 Å². The molecule has 8 aromatic carbocycles. The average molecular weight is 737 g/mol. The van der Waals surface area contributed by atoms with Gasteiger partial charge < -0.3 is 18.9 Å². The highest BCUT2D eigenvalue weighted by Gasteiger charge is 2.26. The zero-order chi connectivity index (χ0) is 38.1.